The molecule has 0 aliphatic heterocycles. The van der Waals surface area contributed by atoms with Crippen LogP contribution >= 0.6 is 0 Å². The van der Waals surface area contributed by atoms with Gasteiger partial charge in [0.1, 0.15) is 11.3 Å². The lowest BCUT2D eigenvalue weighted by Crippen LogP contribution is -2.26. The summed E-state index contributed by atoms with van der Waals surface area (Å²) in [4.78, 5) is 12.3. The number of amides is 1. The van der Waals surface area contributed by atoms with Crippen LogP contribution in [0.1, 0.15) is 49.4 Å². The number of hydrogen-bond donors (Lipinski definition) is 2. The van der Waals surface area contributed by atoms with Crippen LogP contribution in [0, 0.1) is 0 Å². The van der Waals surface area contributed by atoms with E-state index in [4.69, 9.17) is 10.5 Å². The molecule has 21 heavy (non-hydrogen) atoms. The van der Waals surface area contributed by atoms with Crippen molar-refractivity contribution in [2.75, 3.05) is 18.9 Å². The lowest BCUT2D eigenvalue weighted by atomic mass is 9.97. The normalized spacial score (nSPS) is 14.4. The maximum absolute atomic E-state index is 12.3. The van der Waals surface area contributed by atoms with E-state index in [0.717, 1.165) is 12.8 Å². The van der Waals surface area contributed by atoms with Crippen molar-refractivity contribution >= 4 is 11.6 Å². The first kappa shape index (κ1) is 15.4. The molecule has 0 saturated carbocycles. The maximum atomic E-state index is 12.3. The summed E-state index contributed by atoms with van der Waals surface area (Å²) in [7, 11) is 0. The molecule has 0 bridgehead atoms. The van der Waals surface area contributed by atoms with Gasteiger partial charge in [0, 0.05) is 12.2 Å². The van der Waals surface area contributed by atoms with Gasteiger partial charge in [0.15, 0.2) is 0 Å². The molecule has 1 aromatic rings. The van der Waals surface area contributed by atoms with Gasteiger partial charge in [0.05, 0.1) is 6.61 Å². The fourth-order valence-electron chi connectivity index (χ4n) is 2.62. The summed E-state index contributed by atoms with van der Waals surface area (Å²) in [5.74, 6) is 0.389. The number of rotatable bonds is 6. The van der Waals surface area contributed by atoms with Gasteiger partial charge < -0.3 is 15.8 Å². The minimum atomic E-state index is -0.159. The van der Waals surface area contributed by atoms with Crippen molar-refractivity contribution in [3.05, 3.63) is 35.4 Å². The highest BCUT2D eigenvalue weighted by atomic mass is 16.5. The lowest BCUT2D eigenvalue weighted by molar-refractivity contribution is 0.0951. The molecule has 0 fully saturated rings. The lowest BCUT2D eigenvalue weighted by Gasteiger charge is -2.15. The fraction of sp³-hybridized carbons (Fsp3) is 0.471. The number of carbonyl (C=O) groups excluding carboxylic acids is 1. The average molecular weight is 288 g/mol. The quantitative estimate of drug-likeness (QED) is 0.623. The topological polar surface area (TPSA) is 64.3 Å². The first-order valence-electron chi connectivity index (χ1n) is 7.69. The van der Waals surface area contributed by atoms with E-state index in [1.165, 1.54) is 24.8 Å². The number of anilines is 1. The predicted molar refractivity (Wildman–Crippen MR) is 85.5 cm³/mol. The molecular formula is C17H24N2O2. The van der Waals surface area contributed by atoms with Crippen molar-refractivity contribution < 1.29 is 9.53 Å². The van der Waals surface area contributed by atoms with Crippen LogP contribution < -0.4 is 15.8 Å². The van der Waals surface area contributed by atoms with Crippen LogP contribution in [0.2, 0.25) is 0 Å². The first-order valence-corrected chi connectivity index (χ1v) is 7.69. The Hall–Kier alpha value is -1.97. The third-order valence-electron chi connectivity index (χ3n) is 3.70. The van der Waals surface area contributed by atoms with Crippen LogP contribution in [0.4, 0.5) is 5.69 Å². The Balaban J connectivity index is 1.95. The first-order chi connectivity index (χ1) is 10.2. The van der Waals surface area contributed by atoms with Crippen molar-refractivity contribution in [2.45, 2.75) is 39.0 Å². The SMILES string of the molecule is CCOc1cccc(N)c1C(=O)NCCC1=CCCCC1. The predicted octanol–water partition coefficient (Wildman–Crippen LogP) is 3.29. The van der Waals surface area contributed by atoms with Gasteiger partial charge >= 0.3 is 0 Å². The number of benzene rings is 1. The molecule has 1 aromatic carbocycles. The Morgan fingerprint density at radius 1 is 1.38 bits per heavy atom. The molecule has 2 rings (SSSR count). The third-order valence-corrected chi connectivity index (χ3v) is 3.70. The standard InChI is InChI=1S/C17H24N2O2/c1-2-21-15-10-6-9-14(18)16(15)17(20)19-12-11-13-7-4-3-5-8-13/h6-7,9-10H,2-5,8,11-12,18H2,1H3,(H,19,20). The van der Waals surface area contributed by atoms with E-state index in [9.17, 15) is 4.79 Å². The molecule has 1 aliphatic rings. The Labute approximate surface area is 126 Å². The van der Waals surface area contributed by atoms with Gasteiger partial charge in [-0.2, -0.15) is 0 Å². The van der Waals surface area contributed by atoms with Crippen LogP contribution in [0.25, 0.3) is 0 Å². The molecule has 4 heteroatoms. The van der Waals surface area contributed by atoms with E-state index in [1.807, 2.05) is 6.92 Å². The summed E-state index contributed by atoms with van der Waals surface area (Å²) < 4.78 is 5.48. The van der Waals surface area contributed by atoms with Gasteiger partial charge in [-0.25, -0.2) is 0 Å². The van der Waals surface area contributed by atoms with E-state index >= 15 is 0 Å². The molecule has 0 radical (unpaired) electrons. The monoisotopic (exact) mass is 288 g/mol. The van der Waals surface area contributed by atoms with E-state index < -0.39 is 0 Å². The second-order valence-electron chi connectivity index (χ2n) is 5.27. The summed E-state index contributed by atoms with van der Waals surface area (Å²) in [6, 6.07) is 5.30. The minimum absolute atomic E-state index is 0.159. The molecule has 0 unspecified atom stereocenters. The number of allylic oxidation sites excluding steroid dienone is 1. The highest BCUT2D eigenvalue weighted by molar-refractivity contribution is 6.01. The Morgan fingerprint density at radius 3 is 2.95 bits per heavy atom. The van der Waals surface area contributed by atoms with E-state index in [0.29, 0.717) is 30.2 Å². The zero-order valence-electron chi connectivity index (χ0n) is 12.7. The highest BCUT2D eigenvalue weighted by Gasteiger charge is 2.15. The van der Waals surface area contributed by atoms with Crippen LogP contribution in [0.15, 0.2) is 29.8 Å². The molecule has 0 heterocycles. The van der Waals surface area contributed by atoms with Gasteiger partial charge in [-0.1, -0.05) is 17.7 Å². The van der Waals surface area contributed by atoms with Crippen LogP contribution in [-0.2, 0) is 0 Å². The van der Waals surface area contributed by atoms with Crippen molar-refractivity contribution in [2.24, 2.45) is 0 Å². The van der Waals surface area contributed by atoms with Crippen molar-refractivity contribution in [1.29, 1.82) is 0 Å². The molecule has 0 atom stereocenters. The molecule has 0 saturated heterocycles. The number of hydrogen-bond acceptors (Lipinski definition) is 3. The van der Waals surface area contributed by atoms with Gasteiger partial charge in [-0.3, -0.25) is 4.79 Å². The minimum Gasteiger partial charge on any atom is -0.493 e. The highest BCUT2D eigenvalue weighted by Crippen LogP contribution is 2.24. The molecule has 1 aliphatic carbocycles. The van der Waals surface area contributed by atoms with E-state index in [-0.39, 0.29) is 5.91 Å². The zero-order chi connectivity index (χ0) is 15.1. The third kappa shape index (κ3) is 4.25. The van der Waals surface area contributed by atoms with Gasteiger partial charge in [0.2, 0.25) is 0 Å². The maximum Gasteiger partial charge on any atom is 0.257 e. The molecule has 3 N–H and O–H groups in total. The zero-order valence-corrected chi connectivity index (χ0v) is 12.7. The molecular weight excluding hydrogens is 264 g/mol. The Morgan fingerprint density at radius 2 is 2.24 bits per heavy atom. The van der Waals surface area contributed by atoms with Crippen molar-refractivity contribution in [3.63, 3.8) is 0 Å². The molecule has 4 nitrogen and oxygen atoms in total. The largest absolute Gasteiger partial charge is 0.493 e. The number of nitrogen functional groups attached to an aromatic ring is 1. The Bertz CT molecular complexity index is 524. The van der Waals surface area contributed by atoms with Crippen molar-refractivity contribution in [3.8, 4) is 5.75 Å². The van der Waals surface area contributed by atoms with Crippen LogP contribution in [-0.4, -0.2) is 19.1 Å². The molecule has 1 amide bonds. The summed E-state index contributed by atoms with van der Waals surface area (Å²) in [5.41, 5.74) is 8.26. The van der Waals surface area contributed by atoms with Crippen LogP contribution in [0.5, 0.6) is 5.75 Å². The second kappa shape index (κ2) is 7.72. The number of carbonyl (C=O) groups is 1. The summed E-state index contributed by atoms with van der Waals surface area (Å²) in [5, 5.41) is 2.95. The molecule has 114 valence electrons. The molecule has 0 aromatic heterocycles. The number of nitrogens with two attached hydrogens (primary N) is 1. The summed E-state index contributed by atoms with van der Waals surface area (Å²) in [6.45, 7) is 3.04. The molecule has 0 spiro atoms. The van der Waals surface area contributed by atoms with E-state index in [2.05, 4.69) is 11.4 Å². The van der Waals surface area contributed by atoms with E-state index in [1.54, 1.807) is 18.2 Å². The average Bonchev–Trinajstić information content (AvgIpc) is 2.48. The Kier molecular flexibility index (Phi) is 5.67. The second-order valence-corrected chi connectivity index (χ2v) is 5.27. The number of nitrogens with one attached hydrogen (secondary N) is 1. The van der Waals surface area contributed by atoms with Gasteiger partial charge in [-0.15, -0.1) is 0 Å². The smallest absolute Gasteiger partial charge is 0.257 e. The fourth-order valence-corrected chi connectivity index (χ4v) is 2.62. The summed E-state index contributed by atoms with van der Waals surface area (Å²) >= 11 is 0. The summed E-state index contributed by atoms with van der Waals surface area (Å²) in [6.07, 6.45) is 8.10. The van der Waals surface area contributed by atoms with Gasteiger partial charge in [0.25, 0.3) is 5.91 Å². The van der Waals surface area contributed by atoms with Crippen molar-refractivity contribution in [1.82, 2.24) is 5.32 Å². The van der Waals surface area contributed by atoms with Gasteiger partial charge in [-0.05, 0) is 51.2 Å². The number of ether oxygens (including phenoxy) is 1. The van der Waals surface area contributed by atoms with Crippen LogP contribution in [0.3, 0.4) is 0 Å².